The molecule has 1 N–H and O–H groups in total. The van der Waals surface area contributed by atoms with Gasteiger partial charge in [0.15, 0.2) is 0 Å². The zero-order chi connectivity index (χ0) is 20.2. The van der Waals surface area contributed by atoms with Gasteiger partial charge in [0.25, 0.3) is 0 Å². The minimum absolute atomic E-state index is 0.234. The first-order valence-corrected chi connectivity index (χ1v) is 10.7. The van der Waals surface area contributed by atoms with Crippen molar-refractivity contribution in [2.75, 3.05) is 0 Å². The number of aromatic hydroxyl groups is 1. The van der Waals surface area contributed by atoms with Crippen molar-refractivity contribution in [3.05, 3.63) is 99.1 Å². The lowest BCUT2D eigenvalue weighted by atomic mass is 10.1. The molecule has 4 rings (SSSR count). The van der Waals surface area contributed by atoms with Crippen molar-refractivity contribution in [3.8, 4) is 22.7 Å². The van der Waals surface area contributed by atoms with Crippen LogP contribution in [0.3, 0.4) is 0 Å². The first-order valence-electron chi connectivity index (χ1n) is 9.01. The molecular formula is C23H18BrN3OS. The highest BCUT2D eigenvalue weighted by molar-refractivity contribution is 9.10. The van der Waals surface area contributed by atoms with Crippen molar-refractivity contribution in [2.45, 2.75) is 6.92 Å². The van der Waals surface area contributed by atoms with Crippen molar-refractivity contribution in [2.24, 2.45) is 10.2 Å². The molecule has 0 saturated carbocycles. The van der Waals surface area contributed by atoms with Crippen LogP contribution < -0.4 is 4.80 Å². The van der Waals surface area contributed by atoms with Gasteiger partial charge >= 0.3 is 0 Å². The van der Waals surface area contributed by atoms with Crippen molar-refractivity contribution < 1.29 is 5.11 Å². The maximum absolute atomic E-state index is 9.47. The Morgan fingerprint density at radius 1 is 0.931 bits per heavy atom. The molecule has 3 aromatic carbocycles. The van der Waals surface area contributed by atoms with E-state index in [2.05, 4.69) is 60.3 Å². The van der Waals surface area contributed by atoms with Gasteiger partial charge in [-0.3, -0.25) is 4.57 Å². The van der Waals surface area contributed by atoms with Gasteiger partial charge < -0.3 is 5.11 Å². The van der Waals surface area contributed by atoms with Crippen LogP contribution in [-0.4, -0.2) is 15.4 Å². The number of para-hydroxylation sites is 1. The fraction of sp³-hybridized carbons (Fsp3) is 0.0435. The van der Waals surface area contributed by atoms with Gasteiger partial charge in [0.1, 0.15) is 5.75 Å². The second-order valence-electron chi connectivity index (χ2n) is 6.41. The molecule has 0 aliphatic rings. The fourth-order valence-corrected chi connectivity index (χ4v) is 4.03. The third-order valence-electron chi connectivity index (χ3n) is 4.43. The summed E-state index contributed by atoms with van der Waals surface area (Å²) < 4.78 is 3.16. The highest BCUT2D eigenvalue weighted by atomic mass is 79.9. The molecule has 0 amide bonds. The molecule has 0 atom stereocenters. The molecule has 0 aliphatic heterocycles. The fourth-order valence-electron chi connectivity index (χ4n) is 2.91. The predicted molar refractivity (Wildman–Crippen MR) is 123 cm³/mol. The van der Waals surface area contributed by atoms with Crippen LogP contribution in [0.4, 0.5) is 0 Å². The summed E-state index contributed by atoms with van der Waals surface area (Å²) in [6.45, 7) is 1.91. The smallest absolute Gasteiger partial charge is 0.215 e. The largest absolute Gasteiger partial charge is 0.508 e. The van der Waals surface area contributed by atoms with Crippen molar-refractivity contribution in [1.29, 1.82) is 0 Å². The van der Waals surface area contributed by atoms with E-state index in [1.807, 2.05) is 49.4 Å². The van der Waals surface area contributed by atoms with Crippen LogP contribution in [0.15, 0.2) is 98.9 Å². The zero-order valence-electron chi connectivity index (χ0n) is 15.7. The van der Waals surface area contributed by atoms with E-state index < -0.39 is 0 Å². The lowest BCUT2D eigenvalue weighted by Gasteiger charge is -2.09. The first-order chi connectivity index (χ1) is 14.1. The van der Waals surface area contributed by atoms with Crippen LogP contribution in [0, 0.1) is 0 Å². The maximum atomic E-state index is 9.47. The van der Waals surface area contributed by atoms with E-state index in [0.29, 0.717) is 0 Å². The van der Waals surface area contributed by atoms with Crippen LogP contribution in [0.25, 0.3) is 16.9 Å². The summed E-state index contributed by atoms with van der Waals surface area (Å²) in [5, 5.41) is 20.6. The lowest BCUT2D eigenvalue weighted by molar-refractivity contribution is 0.475. The predicted octanol–water partition coefficient (Wildman–Crippen LogP) is 6.00. The first kappa shape index (κ1) is 19.4. The Bertz CT molecular complexity index is 1210. The molecular weight excluding hydrogens is 446 g/mol. The molecule has 6 heteroatoms. The van der Waals surface area contributed by atoms with Gasteiger partial charge in [0.05, 0.1) is 11.4 Å². The molecule has 144 valence electrons. The van der Waals surface area contributed by atoms with Crippen molar-refractivity contribution in [1.82, 2.24) is 4.57 Å². The minimum atomic E-state index is 0.234. The summed E-state index contributed by atoms with van der Waals surface area (Å²) in [6.07, 6.45) is 0. The molecule has 0 bridgehead atoms. The molecule has 1 heterocycles. The lowest BCUT2D eigenvalue weighted by Crippen LogP contribution is -2.13. The van der Waals surface area contributed by atoms with Gasteiger partial charge in [-0.2, -0.15) is 5.10 Å². The highest BCUT2D eigenvalue weighted by Gasteiger charge is 2.10. The van der Waals surface area contributed by atoms with Gasteiger partial charge in [-0.1, -0.05) is 46.3 Å². The van der Waals surface area contributed by atoms with Crippen molar-refractivity contribution in [3.63, 3.8) is 0 Å². The summed E-state index contributed by atoms with van der Waals surface area (Å²) in [6, 6.07) is 25.3. The normalized spacial score (nSPS) is 12.3. The van der Waals surface area contributed by atoms with E-state index in [0.717, 1.165) is 37.5 Å². The molecule has 0 fully saturated rings. The number of nitrogens with zero attached hydrogens (tertiary/aromatic N) is 3. The van der Waals surface area contributed by atoms with Crippen LogP contribution in [0.2, 0.25) is 0 Å². The molecule has 0 aliphatic carbocycles. The second kappa shape index (κ2) is 8.59. The van der Waals surface area contributed by atoms with Crippen LogP contribution in [-0.2, 0) is 0 Å². The highest BCUT2D eigenvalue weighted by Crippen LogP contribution is 2.25. The Morgan fingerprint density at radius 2 is 1.62 bits per heavy atom. The third kappa shape index (κ3) is 4.39. The number of halogens is 1. The Balaban J connectivity index is 1.83. The summed E-state index contributed by atoms with van der Waals surface area (Å²) in [7, 11) is 0. The molecule has 4 nitrogen and oxygen atoms in total. The summed E-state index contributed by atoms with van der Waals surface area (Å²) in [4.78, 5) is 0.784. The molecule has 0 spiro atoms. The number of thiazole rings is 1. The number of phenols is 1. The average molecular weight is 464 g/mol. The molecule has 0 radical (unpaired) electrons. The van der Waals surface area contributed by atoms with Gasteiger partial charge in [-0.05, 0) is 66.6 Å². The summed E-state index contributed by atoms with van der Waals surface area (Å²) in [5.41, 5.74) is 4.90. The summed E-state index contributed by atoms with van der Waals surface area (Å²) >= 11 is 5.05. The van der Waals surface area contributed by atoms with E-state index in [4.69, 9.17) is 0 Å². The third-order valence-corrected chi connectivity index (χ3v) is 5.78. The van der Waals surface area contributed by atoms with E-state index in [1.165, 1.54) is 0 Å². The minimum Gasteiger partial charge on any atom is -0.508 e. The van der Waals surface area contributed by atoms with Gasteiger partial charge in [-0.25, -0.2) is 0 Å². The van der Waals surface area contributed by atoms with Crippen LogP contribution in [0.5, 0.6) is 5.75 Å². The Kier molecular flexibility index (Phi) is 5.74. The van der Waals surface area contributed by atoms with Crippen LogP contribution >= 0.6 is 27.3 Å². The number of phenolic OH excluding ortho intramolecular Hbond substituents is 1. The zero-order valence-corrected chi connectivity index (χ0v) is 18.1. The Labute approximate surface area is 181 Å². The van der Waals surface area contributed by atoms with E-state index in [-0.39, 0.29) is 5.75 Å². The summed E-state index contributed by atoms with van der Waals surface area (Å²) in [5.74, 6) is 0.234. The van der Waals surface area contributed by atoms with Crippen molar-refractivity contribution >= 4 is 33.0 Å². The van der Waals surface area contributed by atoms with E-state index in [1.54, 1.807) is 23.5 Å². The van der Waals surface area contributed by atoms with Gasteiger partial charge in [0, 0.05) is 15.5 Å². The number of benzene rings is 3. The van der Waals surface area contributed by atoms with E-state index in [9.17, 15) is 5.11 Å². The second-order valence-corrected chi connectivity index (χ2v) is 8.17. The monoisotopic (exact) mass is 463 g/mol. The number of hydrogen-bond acceptors (Lipinski definition) is 4. The van der Waals surface area contributed by atoms with Crippen LogP contribution in [0.1, 0.15) is 12.5 Å². The molecule has 0 saturated heterocycles. The standard InChI is InChI=1S/C23H18BrN3OS/c1-16(17-9-13-21(28)14-10-17)25-26-23-27(20-5-3-2-4-6-20)22(15-29-23)18-7-11-19(24)12-8-18/h2-15,28H,1H3/b25-16+,26-23-. The Morgan fingerprint density at radius 3 is 2.31 bits per heavy atom. The molecule has 29 heavy (non-hydrogen) atoms. The van der Waals surface area contributed by atoms with Gasteiger partial charge in [0.2, 0.25) is 4.80 Å². The quantitative estimate of drug-likeness (QED) is 0.292. The number of hydrogen-bond donors (Lipinski definition) is 1. The van der Waals surface area contributed by atoms with Gasteiger partial charge in [-0.15, -0.1) is 16.4 Å². The topological polar surface area (TPSA) is 49.9 Å². The SMILES string of the molecule is C/C(=N\N=c1/scc(-c2ccc(Br)cc2)n1-c1ccccc1)c1ccc(O)cc1. The van der Waals surface area contributed by atoms with E-state index >= 15 is 0 Å². The Hall–Kier alpha value is -2.96. The molecule has 4 aromatic rings. The number of aromatic nitrogens is 1. The molecule has 0 unspecified atom stereocenters. The number of rotatable bonds is 4. The average Bonchev–Trinajstić information content (AvgIpc) is 3.17. The maximum Gasteiger partial charge on any atom is 0.215 e. The molecule has 1 aromatic heterocycles.